The van der Waals surface area contributed by atoms with E-state index in [4.69, 9.17) is 5.73 Å². The van der Waals surface area contributed by atoms with Gasteiger partial charge in [-0.2, -0.15) is 0 Å². The Kier molecular flexibility index (Phi) is 4.12. The summed E-state index contributed by atoms with van der Waals surface area (Å²) in [6, 6.07) is 1.60. The average molecular weight is 243 g/mol. The van der Waals surface area contributed by atoms with Crippen molar-refractivity contribution >= 4 is 21.4 Å². The third-order valence-electron chi connectivity index (χ3n) is 2.34. The lowest BCUT2D eigenvalue weighted by molar-refractivity contribution is 0.591. The van der Waals surface area contributed by atoms with Crippen molar-refractivity contribution in [3.05, 3.63) is 18.5 Å². The summed E-state index contributed by atoms with van der Waals surface area (Å²) in [5, 5.41) is 0. The number of anilines is 2. The van der Waals surface area contributed by atoms with Crippen molar-refractivity contribution in [1.82, 2.24) is 4.98 Å². The molecular formula is C10H17N3O2S. The number of hydrogen-bond acceptors (Lipinski definition) is 4. The largest absolute Gasteiger partial charge is 0.396 e. The first-order valence-electron chi connectivity index (χ1n) is 5.15. The van der Waals surface area contributed by atoms with Crippen molar-refractivity contribution in [1.29, 1.82) is 0 Å². The number of sulfonamides is 1. The van der Waals surface area contributed by atoms with Gasteiger partial charge < -0.3 is 5.73 Å². The number of aromatic nitrogens is 1. The van der Waals surface area contributed by atoms with Crippen LogP contribution in [0.2, 0.25) is 0 Å². The van der Waals surface area contributed by atoms with Crippen LogP contribution in [0.4, 0.5) is 11.4 Å². The van der Waals surface area contributed by atoms with E-state index in [1.807, 2.05) is 6.92 Å². The van der Waals surface area contributed by atoms with Gasteiger partial charge in [-0.15, -0.1) is 0 Å². The van der Waals surface area contributed by atoms with Gasteiger partial charge in [-0.25, -0.2) is 8.42 Å². The standard InChI is InChI=1S/C10H17N3O2S/c1-3-4-7-16(14,15)13(2)10-5-6-12-8-9(10)11/h5-6,8H,3-4,7,11H2,1-2H3. The van der Waals surface area contributed by atoms with Crippen molar-refractivity contribution in [3.8, 4) is 0 Å². The fourth-order valence-electron chi connectivity index (χ4n) is 1.30. The second kappa shape index (κ2) is 5.16. The molecule has 0 aliphatic rings. The maximum absolute atomic E-state index is 11.9. The monoisotopic (exact) mass is 243 g/mol. The summed E-state index contributed by atoms with van der Waals surface area (Å²) in [7, 11) is -1.76. The second-order valence-corrected chi connectivity index (χ2v) is 5.69. The normalized spacial score (nSPS) is 11.4. The Labute approximate surface area is 96.3 Å². The summed E-state index contributed by atoms with van der Waals surface area (Å²) >= 11 is 0. The minimum Gasteiger partial charge on any atom is -0.396 e. The fourth-order valence-corrected chi connectivity index (χ4v) is 2.69. The van der Waals surface area contributed by atoms with Crippen LogP contribution in [-0.4, -0.2) is 26.2 Å². The highest BCUT2D eigenvalue weighted by Gasteiger charge is 2.19. The summed E-state index contributed by atoms with van der Waals surface area (Å²) in [6.07, 6.45) is 4.47. The zero-order valence-electron chi connectivity index (χ0n) is 9.55. The number of rotatable bonds is 5. The Morgan fingerprint density at radius 1 is 1.50 bits per heavy atom. The molecule has 0 bridgehead atoms. The lowest BCUT2D eigenvalue weighted by Gasteiger charge is -2.20. The molecule has 0 amide bonds. The summed E-state index contributed by atoms with van der Waals surface area (Å²) in [4.78, 5) is 3.83. The molecule has 1 rings (SSSR count). The molecule has 0 saturated heterocycles. The molecule has 0 spiro atoms. The zero-order chi connectivity index (χ0) is 12.2. The predicted octanol–water partition coefficient (Wildman–Crippen LogP) is 1.23. The van der Waals surface area contributed by atoms with Crippen molar-refractivity contribution in [2.45, 2.75) is 19.8 Å². The Bertz CT molecular complexity index is 445. The molecule has 1 aromatic rings. The van der Waals surface area contributed by atoms with Gasteiger partial charge in [0.15, 0.2) is 0 Å². The van der Waals surface area contributed by atoms with Gasteiger partial charge in [0.05, 0.1) is 23.3 Å². The zero-order valence-corrected chi connectivity index (χ0v) is 10.4. The minimum atomic E-state index is -3.27. The number of nitrogens with zero attached hydrogens (tertiary/aromatic N) is 2. The molecule has 0 radical (unpaired) electrons. The van der Waals surface area contributed by atoms with Gasteiger partial charge in [0.25, 0.3) is 0 Å². The second-order valence-electron chi connectivity index (χ2n) is 3.57. The Morgan fingerprint density at radius 3 is 2.75 bits per heavy atom. The molecule has 90 valence electrons. The number of nitrogen functional groups attached to an aromatic ring is 1. The van der Waals surface area contributed by atoms with E-state index in [-0.39, 0.29) is 5.75 Å². The lowest BCUT2D eigenvalue weighted by atomic mass is 10.3. The van der Waals surface area contributed by atoms with E-state index < -0.39 is 10.0 Å². The van der Waals surface area contributed by atoms with E-state index in [9.17, 15) is 8.42 Å². The maximum Gasteiger partial charge on any atom is 0.234 e. The highest BCUT2D eigenvalue weighted by atomic mass is 32.2. The Hall–Kier alpha value is -1.30. The average Bonchev–Trinajstić information content (AvgIpc) is 2.26. The van der Waals surface area contributed by atoms with E-state index in [0.29, 0.717) is 17.8 Å². The molecule has 1 aromatic heterocycles. The van der Waals surface area contributed by atoms with Gasteiger partial charge in [-0.1, -0.05) is 13.3 Å². The molecular weight excluding hydrogens is 226 g/mol. The summed E-state index contributed by atoms with van der Waals surface area (Å²) in [6.45, 7) is 1.95. The van der Waals surface area contributed by atoms with Gasteiger partial charge in [0, 0.05) is 13.2 Å². The molecule has 1 heterocycles. The quantitative estimate of drug-likeness (QED) is 0.844. The summed E-state index contributed by atoms with van der Waals surface area (Å²) in [5.41, 5.74) is 6.52. The van der Waals surface area contributed by atoms with Crippen LogP contribution in [0.3, 0.4) is 0 Å². The van der Waals surface area contributed by atoms with Crippen LogP contribution in [-0.2, 0) is 10.0 Å². The van der Waals surface area contributed by atoms with Gasteiger partial charge in [0.2, 0.25) is 10.0 Å². The SMILES string of the molecule is CCCCS(=O)(=O)N(C)c1ccncc1N. The number of unbranched alkanes of at least 4 members (excludes halogenated alkanes) is 1. The van der Waals surface area contributed by atoms with Crippen LogP contribution < -0.4 is 10.0 Å². The fraction of sp³-hybridized carbons (Fsp3) is 0.500. The van der Waals surface area contributed by atoms with Crippen LogP contribution in [0.1, 0.15) is 19.8 Å². The van der Waals surface area contributed by atoms with E-state index >= 15 is 0 Å². The molecule has 2 N–H and O–H groups in total. The topological polar surface area (TPSA) is 76.3 Å². The van der Waals surface area contributed by atoms with Crippen molar-refractivity contribution in [2.24, 2.45) is 0 Å². The van der Waals surface area contributed by atoms with E-state index in [1.54, 1.807) is 6.07 Å². The first-order chi connectivity index (χ1) is 7.49. The third kappa shape index (κ3) is 2.85. The first-order valence-corrected chi connectivity index (χ1v) is 6.76. The summed E-state index contributed by atoms with van der Waals surface area (Å²) in [5.74, 6) is 0.141. The Morgan fingerprint density at radius 2 is 2.19 bits per heavy atom. The molecule has 0 fully saturated rings. The minimum absolute atomic E-state index is 0.141. The van der Waals surface area contributed by atoms with Crippen molar-refractivity contribution in [3.63, 3.8) is 0 Å². The van der Waals surface area contributed by atoms with Crippen LogP contribution >= 0.6 is 0 Å². The third-order valence-corrected chi connectivity index (χ3v) is 4.18. The molecule has 0 atom stereocenters. The highest BCUT2D eigenvalue weighted by Crippen LogP contribution is 2.22. The lowest BCUT2D eigenvalue weighted by Crippen LogP contribution is -2.29. The van der Waals surface area contributed by atoms with Crippen molar-refractivity contribution in [2.75, 3.05) is 22.8 Å². The van der Waals surface area contributed by atoms with Gasteiger partial charge in [0.1, 0.15) is 0 Å². The number of hydrogen-bond donors (Lipinski definition) is 1. The predicted molar refractivity (Wildman–Crippen MR) is 65.7 cm³/mol. The number of nitrogens with two attached hydrogens (primary N) is 1. The Balaban J connectivity index is 2.94. The van der Waals surface area contributed by atoms with E-state index in [0.717, 1.165) is 6.42 Å². The molecule has 0 aliphatic carbocycles. The summed E-state index contributed by atoms with van der Waals surface area (Å²) < 4.78 is 25.0. The first kappa shape index (κ1) is 12.8. The van der Waals surface area contributed by atoms with Gasteiger partial charge >= 0.3 is 0 Å². The van der Waals surface area contributed by atoms with Gasteiger partial charge in [-0.05, 0) is 12.5 Å². The molecule has 0 aliphatic heterocycles. The highest BCUT2D eigenvalue weighted by molar-refractivity contribution is 7.92. The maximum atomic E-state index is 11.9. The molecule has 6 heteroatoms. The molecule has 5 nitrogen and oxygen atoms in total. The van der Waals surface area contributed by atoms with Crippen LogP contribution in [0.15, 0.2) is 18.5 Å². The molecule has 0 aromatic carbocycles. The van der Waals surface area contributed by atoms with E-state index in [1.165, 1.54) is 23.7 Å². The van der Waals surface area contributed by atoms with Crippen molar-refractivity contribution < 1.29 is 8.42 Å². The van der Waals surface area contributed by atoms with Crippen LogP contribution in [0.25, 0.3) is 0 Å². The van der Waals surface area contributed by atoms with Gasteiger partial charge in [-0.3, -0.25) is 9.29 Å². The molecule has 0 unspecified atom stereocenters. The van der Waals surface area contributed by atoms with Crippen LogP contribution in [0, 0.1) is 0 Å². The molecule has 0 saturated carbocycles. The number of pyridine rings is 1. The van der Waals surface area contributed by atoms with Crippen LogP contribution in [0.5, 0.6) is 0 Å². The smallest absolute Gasteiger partial charge is 0.234 e. The van der Waals surface area contributed by atoms with E-state index in [2.05, 4.69) is 4.98 Å². The molecule has 16 heavy (non-hydrogen) atoms.